The molecule has 0 aliphatic rings. The van der Waals surface area contributed by atoms with Crippen molar-refractivity contribution < 1.29 is 5.11 Å². The van der Waals surface area contributed by atoms with Crippen LogP contribution in [0.3, 0.4) is 0 Å². The molecule has 0 saturated carbocycles. The molecule has 17 heavy (non-hydrogen) atoms. The Hall–Kier alpha value is -0.100. The number of nitrogens with two attached hydrogens (primary N) is 1. The third kappa shape index (κ3) is 9.59. The number of hydrogen-bond donors (Lipinski definition) is 2. The molecule has 1 unspecified atom stereocenters. The normalized spacial score (nSPS) is 10.8. The smallest absolute Gasteiger partial charge is 0.0789 e. The molecular weight excluding hydrogens is 284 g/mol. The van der Waals surface area contributed by atoms with E-state index in [9.17, 15) is 5.11 Å². The molecule has 0 spiro atoms. The first-order chi connectivity index (χ1) is 6.72. The molecule has 0 fully saturated rings. The first kappa shape index (κ1) is 22.1. The number of likely N-dealkylation sites (N-methyl/N-ethyl adjacent to an activating group) is 1. The van der Waals surface area contributed by atoms with Gasteiger partial charge in [-0.05, 0) is 24.7 Å². The van der Waals surface area contributed by atoms with Crippen molar-refractivity contribution >= 4 is 37.2 Å². The molecule has 0 saturated heterocycles. The van der Waals surface area contributed by atoms with Crippen LogP contribution in [0.25, 0.3) is 0 Å². The number of aliphatic hydroxyl groups excluding tert-OH is 1. The maximum atomic E-state index is 9.33. The van der Waals surface area contributed by atoms with Crippen LogP contribution in [-0.4, -0.2) is 41.2 Å². The lowest BCUT2D eigenvalue weighted by Crippen LogP contribution is -2.33. The highest BCUT2D eigenvalue weighted by Crippen LogP contribution is 2.01. The molecule has 0 bridgehead atoms. The van der Waals surface area contributed by atoms with Crippen LogP contribution in [0.2, 0.25) is 0 Å². The summed E-state index contributed by atoms with van der Waals surface area (Å²) in [6, 6.07) is 3.93. The van der Waals surface area contributed by atoms with Crippen LogP contribution >= 0.6 is 37.2 Å². The Labute approximate surface area is 121 Å². The summed E-state index contributed by atoms with van der Waals surface area (Å²) in [6.07, 6.45) is 3.09. The predicted molar refractivity (Wildman–Crippen MR) is 77.4 cm³/mol. The van der Waals surface area contributed by atoms with Gasteiger partial charge in [-0.3, -0.25) is 9.88 Å². The van der Waals surface area contributed by atoms with Gasteiger partial charge in [0.15, 0.2) is 0 Å². The third-order valence-corrected chi connectivity index (χ3v) is 2.00. The van der Waals surface area contributed by atoms with Gasteiger partial charge < -0.3 is 10.8 Å². The van der Waals surface area contributed by atoms with Gasteiger partial charge in [0.05, 0.1) is 6.10 Å². The van der Waals surface area contributed by atoms with Crippen molar-refractivity contribution in [1.82, 2.24) is 9.88 Å². The summed E-state index contributed by atoms with van der Waals surface area (Å²) in [4.78, 5) is 5.98. The van der Waals surface area contributed by atoms with Gasteiger partial charge in [-0.25, -0.2) is 0 Å². The van der Waals surface area contributed by atoms with Gasteiger partial charge in [0.1, 0.15) is 0 Å². The van der Waals surface area contributed by atoms with Crippen LogP contribution in [-0.2, 0) is 6.54 Å². The van der Waals surface area contributed by atoms with Crippen molar-refractivity contribution in [3.8, 4) is 0 Å². The van der Waals surface area contributed by atoms with Crippen LogP contribution < -0.4 is 5.73 Å². The lowest BCUT2D eigenvalue weighted by molar-refractivity contribution is 0.129. The molecule has 1 heterocycles. The fourth-order valence-corrected chi connectivity index (χ4v) is 1.30. The molecule has 0 aliphatic carbocycles. The Balaban J connectivity index is -0.000000653. The van der Waals surface area contributed by atoms with Crippen LogP contribution in [0.1, 0.15) is 5.56 Å². The van der Waals surface area contributed by atoms with Gasteiger partial charge in [-0.1, -0.05) is 0 Å². The van der Waals surface area contributed by atoms with Crippen LogP contribution in [0.15, 0.2) is 24.5 Å². The number of aliphatic hydroxyl groups is 1. The topological polar surface area (TPSA) is 62.4 Å². The average Bonchev–Trinajstić information content (AvgIpc) is 2.19. The largest absolute Gasteiger partial charge is 0.390 e. The summed E-state index contributed by atoms with van der Waals surface area (Å²) in [5.41, 5.74) is 6.51. The number of pyridine rings is 1. The lowest BCUT2D eigenvalue weighted by Gasteiger charge is -2.19. The van der Waals surface area contributed by atoms with Gasteiger partial charge in [0.25, 0.3) is 0 Å². The maximum absolute atomic E-state index is 9.33. The number of aromatic nitrogens is 1. The molecule has 1 aromatic heterocycles. The van der Waals surface area contributed by atoms with E-state index in [1.54, 1.807) is 12.4 Å². The summed E-state index contributed by atoms with van der Waals surface area (Å²) >= 11 is 0. The van der Waals surface area contributed by atoms with Gasteiger partial charge in [0, 0.05) is 32.0 Å². The van der Waals surface area contributed by atoms with Crippen LogP contribution in [0, 0.1) is 0 Å². The fourth-order valence-electron chi connectivity index (χ4n) is 1.30. The average molecular weight is 305 g/mol. The second-order valence-corrected chi connectivity index (χ2v) is 3.44. The van der Waals surface area contributed by atoms with Crippen molar-refractivity contribution in [1.29, 1.82) is 0 Å². The van der Waals surface area contributed by atoms with Crippen molar-refractivity contribution in [3.63, 3.8) is 0 Å². The minimum absolute atomic E-state index is 0. The molecule has 3 N–H and O–H groups in total. The summed E-state index contributed by atoms with van der Waals surface area (Å²) in [5, 5.41) is 9.33. The number of rotatable bonds is 5. The lowest BCUT2D eigenvalue weighted by atomic mass is 10.2. The minimum atomic E-state index is -0.443. The Bertz CT molecular complexity index is 264. The first-order valence-corrected chi connectivity index (χ1v) is 4.68. The molecule has 1 aromatic rings. The molecule has 0 amide bonds. The molecule has 0 aromatic carbocycles. The number of hydrogen-bond acceptors (Lipinski definition) is 4. The first-order valence-electron chi connectivity index (χ1n) is 4.68. The number of nitrogens with zero attached hydrogens (tertiary/aromatic N) is 2. The molecule has 1 rings (SSSR count). The Kier molecular flexibility index (Phi) is 16.1. The Morgan fingerprint density at radius 1 is 1.29 bits per heavy atom. The van der Waals surface area contributed by atoms with Gasteiger partial charge in [0.2, 0.25) is 0 Å². The zero-order valence-corrected chi connectivity index (χ0v) is 12.1. The van der Waals surface area contributed by atoms with Crippen molar-refractivity contribution in [3.05, 3.63) is 30.1 Å². The van der Waals surface area contributed by atoms with Gasteiger partial charge in [-0.15, -0.1) is 37.2 Å². The molecule has 7 heteroatoms. The molecule has 0 radical (unpaired) electrons. The standard InChI is InChI=1S/C10H17N3O.3ClH/c1-13(8-10(14)6-11)7-9-2-4-12-5-3-9;;;/h2-5,10,14H,6-8,11H2,1H3;3*1H. The van der Waals surface area contributed by atoms with E-state index in [0.717, 1.165) is 6.54 Å². The molecule has 4 nitrogen and oxygen atoms in total. The van der Waals surface area contributed by atoms with E-state index in [0.29, 0.717) is 13.1 Å². The van der Waals surface area contributed by atoms with Crippen molar-refractivity contribution in [2.45, 2.75) is 12.6 Å². The van der Waals surface area contributed by atoms with E-state index < -0.39 is 6.10 Å². The zero-order chi connectivity index (χ0) is 10.4. The fraction of sp³-hybridized carbons (Fsp3) is 0.500. The second-order valence-electron chi connectivity index (χ2n) is 3.44. The van der Waals surface area contributed by atoms with E-state index in [1.165, 1.54) is 5.56 Å². The molecule has 0 aliphatic heterocycles. The van der Waals surface area contributed by atoms with E-state index >= 15 is 0 Å². The predicted octanol–water partition coefficient (Wildman–Crippen LogP) is 1.10. The van der Waals surface area contributed by atoms with E-state index in [2.05, 4.69) is 4.98 Å². The van der Waals surface area contributed by atoms with Gasteiger partial charge >= 0.3 is 0 Å². The highest BCUT2D eigenvalue weighted by atomic mass is 35.5. The Morgan fingerprint density at radius 2 is 1.82 bits per heavy atom. The summed E-state index contributed by atoms with van der Waals surface area (Å²) in [6.45, 7) is 1.71. The van der Waals surface area contributed by atoms with E-state index in [1.807, 2.05) is 24.1 Å². The zero-order valence-electron chi connectivity index (χ0n) is 9.65. The minimum Gasteiger partial charge on any atom is -0.390 e. The monoisotopic (exact) mass is 303 g/mol. The van der Waals surface area contributed by atoms with E-state index in [4.69, 9.17) is 5.73 Å². The number of halogens is 3. The van der Waals surface area contributed by atoms with Crippen LogP contribution in [0.4, 0.5) is 0 Å². The SMILES string of the molecule is CN(Cc1ccncc1)CC(O)CN.Cl.Cl.Cl. The van der Waals surface area contributed by atoms with Crippen molar-refractivity contribution in [2.75, 3.05) is 20.1 Å². The molecular formula is C10H20Cl3N3O. The Morgan fingerprint density at radius 3 is 2.29 bits per heavy atom. The second kappa shape index (κ2) is 12.4. The summed E-state index contributed by atoms with van der Waals surface area (Å²) in [7, 11) is 1.96. The molecule has 1 atom stereocenters. The van der Waals surface area contributed by atoms with E-state index in [-0.39, 0.29) is 37.2 Å². The highest BCUT2D eigenvalue weighted by molar-refractivity contribution is 5.86. The molecule has 102 valence electrons. The summed E-state index contributed by atoms with van der Waals surface area (Å²) < 4.78 is 0. The highest BCUT2D eigenvalue weighted by Gasteiger charge is 2.05. The summed E-state index contributed by atoms with van der Waals surface area (Å²) in [5.74, 6) is 0. The maximum Gasteiger partial charge on any atom is 0.0789 e. The van der Waals surface area contributed by atoms with Crippen LogP contribution in [0.5, 0.6) is 0 Å². The third-order valence-electron chi connectivity index (χ3n) is 2.00. The van der Waals surface area contributed by atoms with Crippen molar-refractivity contribution in [2.24, 2.45) is 5.73 Å². The quantitative estimate of drug-likeness (QED) is 0.855. The van der Waals surface area contributed by atoms with Gasteiger partial charge in [-0.2, -0.15) is 0 Å².